The molecular formula is C18H38NO8P. The Kier molecular flexibility index (Phi) is 13.0. The molecule has 2 aliphatic rings. The lowest BCUT2D eigenvalue weighted by Gasteiger charge is -2.30. The number of hydrogen-bond acceptors (Lipinski definition) is 7. The maximum atomic E-state index is 10.3. The van der Waals surface area contributed by atoms with E-state index in [4.69, 9.17) is 9.79 Å². The molecule has 2 fully saturated rings. The molecule has 0 unspecified atom stereocenters. The number of hydrogen-bond donors (Lipinski definition) is 5. The summed E-state index contributed by atoms with van der Waals surface area (Å²) >= 11 is 0. The zero-order valence-electron chi connectivity index (χ0n) is 17.0. The smallest absolute Gasteiger partial charge is 0.388 e. The van der Waals surface area contributed by atoms with Crippen molar-refractivity contribution in [1.29, 1.82) is 0 Å². The quantitative estimate of drug-likeness (QED) is 0.275. The summed E-state index contributed by atoms with van der Waals surface area (Å²) in [6, 6.07) is 1.74. The maximum Gasteiger partial charge on any atom is 0.469 e. The molecule has 0 aromatic carbocycles. The first kappa shape index (κ1) is 25.9. The van der Waals surface area contributed by atoms with Crippen molar-refractivity contribution in [3.63, 3.8) is 0 Å². The van der Waals surface area contributed by atoms with E-state index in [0.717, 1.165) is 12.1 Å². The molecule has 0 saturated heterocycles. The molecule has 0 aromatic heterocycles. The van der Waals surface area contributed by atoms with E-state index in [0.29, 0.717) is 0 Å². The lowest BCUT2D eigenvalue weighted by Crippen LogP contribution is -2.41. The van der Waals surface area contributed by atoms with Crippen LogP contribution in [0.2, 0.25) is 0 Å². The van der Waals surface area contributed by atoms with Gasteiger partial charge in [-0.2, -0.15) is 0 Å². The van der Waals surface area contributed by atoms with E-state index in [1.54, 1.807) is 0 Å². The molecule has 10 heteroatoms. The molecule has 0 spiro atoms. The second-order valence-corrected chi connectivity index (χ2v) is 8.76. The van der Waals surface area contributed by atoms with Crippen LogP contribution in [0.1, 0.15) is 64.2 Å². The van der Waals surface area contributed by atoms with Gasteiger partial charge in [-0.15, -0.1) is 0 Å². The summed E-state index contributed by atoms with van der Waals surface area (Å²) in [5.74, 6) is 0. The van der Waals surface area contributed by atoms with E-state index < -0.39 is 32.9 Å². The fourth-order valence-electron chi connectivity index (χ4n) is 3.70. The van der Waals surface area contributed by atoms with Crippen LogP contribution in [-0.4, -0.2) is 71.4 Å². The predicted molar refractivity (Wildman–Crippen MR) is 105 cm³/mol. The molecule has 0 heterocycles. The van der Waals surface area contributed by atoms with Gasteiger partial charge in [0.25, 0.3) is 0 Å². The van der Waals surface area contributed by atoms with Crippen molar-refractivity contribution in [2.75, 3.05) is 20.8 Å². The largest absolute Gasteiger partial charge is 0.469 e. The second-order valence-electron chi connectivity index (χ2n) is 7.52. The third-order valence-corrected chi connectivity index (χ3v) is 5.72. The van der Waals surface area contributed by atoms with Gasteiger partial charge in [-0.05, 0) is 25.7 Å². The molecule has 2 aliphatic carbocycles. The average Bonchev–Trinajstić information content (AvgIpc) is 2.68. The summed E-state index contributed by atoms with van der Waals surface area (Å²) in [5, 5.41) is 22.4. The Bertz CT molecular complexity index is 417. The molecule has 9 nitrogen and oxygen atoms in total. The number of phosphoric ester groups is 1. The number of nitrogens with one attached hydrogen (secondary N) is 1. The van der Waals surface area contributed by atoms with E-state index in [9.17, 15) is 14.8 Å². The highest BCUT2D eigenvalue weighted by molar-refractivity contribution is 7.46. The first-order valence-electron chi connectivity index (χ1n) is 10.1. The number of rotatable bonds is 9. The van der Waals surface area contributed by atoms with Crippen LogP contribution in [-0.2, 0) is 18.6 Å². The van der Waals surface area contributed by atoms with Crippen molar-refractivity contribution in [3.8, 4) is 0 Å². The zero-order chi connectivity index (χ0) is 21.0. The Hall–Kier alpha value is -0.0900. The van der Waals surface area contributed by atoms with Crippen LogP contribution in [0, 0.1) is 0 Å². The predicted octanol–water partition coefficient (Wildman–Crippen LogP) is 1.68. The van der Waals surface area contributed by atoms with Crippen LogP contribution in [0.5, 0.6) is 0 Å². The van der Waals surface area contributed by atoms with Crippen LogP contribution in [0.4, 0.5) is 0 Å². The van der Waals surface area contributed by atoms with Gasteiger partial charge >= 0.3 is 7.82 Å². The van der Waals surface area contributed by atoms with Gasteiger partial charge in [0.05, 0.1) is 6.61 Å². The summed E-state index contributed by atoms with van der Waals surface area (Å²) in [5.41, 5.74) is 0. The van der Waals surface area contributed by atoms with E-state index in [-0.39, 0.29) is 0 Å². The standard InChI is InChI=1S/C12H23N.C6H15O8P/c1-3-7-11(8-4-1)13-12-9-5-2-6-10-12;1-12-6(13-2)5(8)4(7)3-14-15(9,10)11/h11-13H,1-10H2;4-8H,3H2,1-2H3,(H2,9,10,11)/t;4-,5-/m.1/s1. The highest BCUT2D eigenvalue weighted by Gasteiger charge is 2.28. The van der Waals surface area contributed by atoms with Crippen molar-refractivity contribution >= 4 is 7.82 Å². The highest BCUT2D eigenvalue weighted by Crippen LogP contribution is 2.35. The van der Waals surface area contributed by atoms with Gasteiger partial charge in [0.1, 0.15) is 12.2 Å². The summed E-state index contributed by atoms with van der Waals surface area (Å²) < 4.78 is 23.5. The van der Waals surface area contributed by atoms with Crippen LogP contribution in [0.3, 0.4) is 0 Å². The maximum absolute atomic E-state index is 10.3. The number of ether oxygens (including phenoxy) is 2. The molecular weight excluding hydrogens is 389 g/mol. The SMILES string of the molecule is C1CCC(NC2CCCCC2)CC1.COC(OC)[C@H](O)[C@H](O)COP(=O)(O)O. The summed E-state index contributed by atoms with van der Waals surface area (Å²) in [6.07, 6.45) is 10.5. The second kappa shape index (κ2) is 14.0. The molecule has 0 aliphatic heterocycles. The van der Waals surface area contributed by atoms with Gasteiger partial charge < -0.3 is 34.8 Å². The van der Waals surface area contributed by atoms with Crippen LogP contribution >= 0.6 is 7.82 Å². The topological polar surface area (TPSA) is 138 Å². The Morgan fingerprint density at radius 1 is 0.893 bits per heavy atom. The molecule has 0 amide bonds. The molecule has 0 bridgehead atoms. The van der Waals surface area contributed by atoms with Crippen LogP contribution in [0.15, 0.2) is 0 Å². The van der Waals surface area contributed by atoms with Gasteiger partial charge in [-0.3, -0.25) is 4.52 Å². The third-order valence-electron chi connectivity index (χ3n) is 5.23. The van der Waals surface area contributed by atoms with E-state index >= 15 is 0 Å². The van der Waals surface area contributed by atoms with Crippen molar-refractivity contribution in [2.24, 2.45) is 0 Å². The summed E-state index contributed by atoms with van der Waals surface area (Å²) in [4.78, 5) is 16.7. The Morgan fingerprint density at radius 3 is 1.68 bits per heavy atom. The number of aliphatic hydroxyl groups excluding tert-OH is 2. The number of methoxy groups -OCH3 is 2. The van der Waals surface area contributed by atoms with E-state index in [2.05, 4.69) is 19.3 Å². The minimum atomic E-state index is -4.66. The van der Waals surface area contributed by atoms with Crippen molar-refractivity contribution in [2.45, 2.75) is 94.8 Å². The highest BCUT2D eigenvalue weighted by atomic mass is 31.2. The van der Waals surface area contributed by atoms with Gasteiger partial charge in [-0.25, -0.2) is 4.57 Å². The minimum Gasteiger partial charge on any atom is -0.388 e. The Balaban J connectivity index is 0.000000281. The average molecular weight is 427 g/mol. The summed E-state index contributed by atoms with van der Waals surface area (Å²) in [6.45, 7) is -0.728. The minimum absolute atomic E-state index is 0.728. The monoisotopic (exact) mass is 427 g/mol. The first-order valence-corrected chi connectivity index (χ1v) is 11.7. The van der Waals surface area contributed by atoms with E-state index in [1.807, 2.05) is 0 Å². The van der Waals surface area contributed by atoms with Gasteiger partial charge in [0.2, 0.25) is 0 Å². The third kappa shape index (κ3) is 11.2. The molecule has 2 atom stereocenters. The molecule has 168 valence electrons. The molecule has 0 aromatic rings. The normalized spacial score (nSPS) is 21.8. The van der Waals surface area contributed by atoms with Gasteiger partial charge in [0, 0.05) is 26.3 Å². The summed E-state index contributed by atoms with van der Waals surface area (Å²) in [7, 11) is -2.17. The fourth-order valence-corrected chi connectivity index (χ4v) is 4.05. The Morgan fingerprint density at radius 2 is 1.32 bits per heavy atom. The van der Waals surface area contributed by atoms with Crippen LogP contribution < -0.4 is 5.32 Å². The van der Waals surface area contributed by atoms with Crippen molar-refractivity contribution in [3.05, 3.63) is 0 Å². The lowest BCUT2D eigenvalue weighted by molar-refractivity contribution is -0.194. The molecule has 0 radical (unpaired) electrons. The fraction of sp³-hybridized carbons (Fsp3) is 1.00. The number of aliphatic hydroxyl groups is 2. The molecule has 28 heavy (non-hydrogen) atoms. The van der Waals surface area contributed by atoms with Gasteiger partial charge in [0.15, 0.2) is 6.29 Å². The van der Waals surface area contributed by atoms with Gasteiger partial charge in [-0.1, -0.05) is 38.5 Å². The molecule has 2 rings (SSSR count). The van der Waals surface area contributed by atoms with Crippen LogP contribution in [0.25, 0.3) is 0 Å². The lowest BCUT2D eigenvalue weighted by atomic mass is 9.91. The molecule has 2 saturated carbocycles. The van der Waals surface area contributed by atoms with Crippen molar-refractivity contribution < 1.29 is 38.6 Å². The van der Waals surface area contributed by atoms with E-state index in [1.165, 1.54) is 78.4 Å². The molecule has 5 N–H and O–H groups in total. The number of phosphoric acid groups is 1. The Labute approximate surface area is 168 Å². The van der Waals surface area contributed by atoms with Crippen molar-refractivity contribution in [1.82, 2.24) is 5.32 Å². The first-order chi connectivity index (χ1) is 13.3. The zero-order valence-corrected chi connectivity index (χ0v) is 17.9.